The predicted molar refractivity (Wildman–Crippen MR) is 72.7 cm³/mol. The standard InChI is InChI=1S/C12H14FN7O/c1-3-21-7(2)19-5-8(4-16-19)10-9(13)11-17-12(14)18-20(11)6-15-10/h4-7H,3H2,1-2H3,(H2,14,18). The molecule has 21 heavy (non-hydrogen) atoms. The van der Waals surface area contributed by atoms with Crippen molar-refractivity contribution in [1.29, 1.82) is 0 Å². The van der Waals surface area contributed by atoms with E-state index in [-0.39, 0.29) is 23.5 Å². The van der Waals surface area contributed by atoms with Gasteiger partial charge >= 0.3 is 0 Å². The van der Waals surface area contributed by atoms with Gasteiger partial charge in [-0.1, -0.05) is 0 Å². The van der Waals surface area contributed by atoms with Gasteiger partial charge in [0.2, 0.25) is 5.95 Å². The van der Waals surface area contributed by atoms with E-state index in [1.165, 1.54) is 17.0 Å². The van der Waals surface area contributed by atoms with E-state index in [2.05, 4.69) is 20.2 Å². The quantitative estimate of drug-likeness (QED) is 0.777. The Morgan fingerprint density at radius 2 is 2.29 bits per heavy atom. The second-order valence-corrected chi connectivity index (χ2v) is 4.41. The first-order valence-corrected chi connectivity index (χ1v) is 6.42. The number of aromatic nitrogens is 6. The Balaban J connectivity index is 2.02. The average Bonchev–Trinajstić information content (AvgIpc) is 3.06. The van der Waals surface area contributed by atoms with Crippen LogP contribution in [0.25, 0.3) is 16.9 Å². The zero-order valence-corrected chi connectivity index (χ0v) is 11.6. The van der Waals surface area contributed by atoms with Crippen LogP contribution in [0.5, 0.6) is 0 Å². The number of anilines is 1. The summed E-state index contributed by atoms with van der Waals surface area (Å²) in [5, 5.41) is 7.96. The first kappa shape index (κ1) is 13.4. The third-order valence-electron chi connectivity index (χ3n) is 3.00. The molecular weight excluding hydrogens is 277 g/mol. The van der Waals surface area contributed by atoms with Gasteiger partial charge in [0.05, 0.1) is 6.20 Å². The zero-order chi connectivity index (χ0) is 15.0. The van der Waals surface area contributed by atoms with E-state index < -0.39 is 5.82 Å². The Bertz CT molecular complexity index is 781. The molecule has 0 fully saturated rings. The highest BCUT2D eigenvalue weighted by molar-refractivity contribution is 5.63. The van der Waals surface area contributed by atoms with Gasteiger partial charge in [-0.3, -0.25) is 0 Å². The van der Waals surface area contributed by atoms with Crippen LogP contribution in [0, 0.1) is 5.82 Å². The maximum atomic E-state index is 14.4. The summed E-state index contributed by atoms with van der Waals surface area (Å²) >= 11 is 0. The van der Waals surface area contributed by atoms with Crippen LogP contribution in [0.3, 0.4) is 0 Å². The number of nitrogen functional groups attached to an aromatic ring is 1. The smallest absolute Gasteiger partial charge is 0.240 e. The zero-order valence-electron chi connectivity index (χ0n) is 11.6. The van der Waals surface area contributed by atoms with Crippen LogP contribution in [-0.4, -0.2) is 36.0 Å². The van der Waals surface area contributed by atoms with Crippen LogP contribution in [-0.2, 0) is 4.74 Å². The molecule has 9 heteroatoms. The molecule has 0 aliphatic carbocycles. The number of nitrogens with zero attached hydrogens (tertiary/aromatic N) is 6. The maximum absolute atomic E-state index is 14.4. The molecular formula is C12H14FN7O. The highest BCUT2D eigenvalue weighted by atomic mass is 19.1. The molecule has 8 nitrogen and oxygen atoms in total. The van der Waals surface area contributed by atoms with Gasteiger partial charge in [-0.05, 0) is 13.8 Å². The Hall–Kier alpha value is -2.55. The fourth-order valence-corrected chi connectivity index (χ4v) is 2.02. The second-order valence-electron chi connectivity index (χ2n) is 4.41. The van der Waals surface area contributed by atoms with Gasteiger partial charge in [-0.15, -0.1) is 5.10 Å². The van der Waals surface area contributed by atoms with E-state index in [9.17, 15) is 4.39 Å². The number of hydrogen-bond donors (Lipinski definition) is 1. The summed E-state index contributed by atoms with van der Waals surface area (Å²) in [5.74, 6) is -0.598. The minimum absolute atomic E-state index is 0.00601. The van der Waals surface area contributed by atoms with Crippen molar-refractivity contribution in [2.45, 2.75) is 20.1 Å². The Morgan fingerprint density at radius 1 is 1.48 bits per heavy atom. The highest BCUT2D eigenvalue weighted by Crippen LogP contribution is 2.23. The summed E-state index contributed by atoms with van der Waals surface area (Å²) in [4.78, 5) is 7.88. The van der Waals surface area contributed by atoms with Crippen molar-refractivity contribution in [3.05, 3.63) is 24.5 Å². The molecule has 1 unspecified atom stereocenters. The number of hydrogen-bond acceptors (Lipinski definition) is 6. The van der Waals surface area contributed by atoms with Crippen LogP contribution in [0.15, 0.2) is 18.7 Å². The summed E-state index contributed by atoms with van der Waals surface area (Å²) in [5.41, 5.74) is 6.16. The van der Waals surface area contributed by atoms with Gasteiger partial charge in [-0.25, -0.2) is 14.1 Å². The van der Waals surface area contributed by atoms with E-state index in [0.717, 1.165) is 0 Å². The summed E-state index contributed by atoms with van der Waals surface area (Å²) in [6, 6.07) is 0. The van der Waals surface area contributed by atoms with E-state index >= 15 is 0 Å². The van der Waals surface area contributed by atoms with Crippen molar-refractivity contribution in [2.24, 2.45) is 0 Å². The van der Waals surface area contributed by atoms with Crippen molar-refractivity contribution in [2.75, 3.05) is 12.3 Å². The molecule has 0 spiro atoms. The van der Waals surface area contributed by atoms with E-state index in [4.69, 9.17) is 10.5 Å². The van der Waals surface area contributed by atoms with Gasteiger partial charge < -0.3 is 10.5 Å². The van der Waals surface area contributed by atoms with Crippen molar-refractivity contribution >= 4 is 11.6 Å². The van der Waals surface area contributed by atoms with Crippen LogP contribution < -0.4 is 5.73 Å². The van der Waals surface area contributed by atoms with Gasteiger partial charge in [-0.2, -0.15) is 14.6 Å². The number of rotatable bonds is 4. The molecule has 0 saturated carbocycles. The molecule has 0 aromatic carbocycles. The van der Waals surface area contributed by atoms with E-state index in [1.807, 2.05) is 13.8 Å². The third-order valence-corrected chi connectivity index (χ3v) is 3.00. The summed E-state index contributed by atoms with van der Waals surface area (Å²) in [6.07, 6.45) is 4.32. The molecule has 3 aromatic rings. The second kappa shape index (κ2) is 5.09. The molecule has 0 amide bonds. The maximum Gasteiger partial charge on any atom is 0.240 e. The molecule has 0 bridgehead atoms. The van der Waals surface area contributed by atoms with Crippen molar-refractivity contribution < 1.29 is 9.13 Å². The lowest BCUT2D eigenvalue weighted by atomic mass is 10.2. The molecule has 110 valence electrons. The molecule has 0 aliphatic rings. The van der Waals surface area contributed by atoms with Crippen LogP contribution in [0.1, 0.15) is 20.1 Å². The van der Waals surface area contributed by atoms with Crippen molar-refractivity contribution in [1.82, 2.24) is 29.4 Å². The normalized spacial score (nSPS) is 12.9. The Labute approximate surface area is 119 Å². The molecule has 2 N–H and O–H groups in total. The van der Waals surface area contributed by atoms with Crippen molar-refractivity contribution in [3.63, 3.8) is 0 Å². The predicted octanol–water partition coefficient (Wildman–Crippen LogP) is 1.26. The van der Waals surface area contributed by atoms with Gasteiger partial charge in [0.25, 0.3) is 0 Å². The number of fused-ring (bicyclic) bond motifs is 1. The summed E-state index contributed by atoms with van der Waals surface area (Å²) < 4.78 is 22.6. The Kier molecular flexibility index (Phi) is 3.26. The minimum atomic E-state index is -0.592. The van der Waals surface area contributed by atoms with Gasteiger partial charge in [0.1, 0.15) is 18.2 Å². The first-order chi connectivity index (χ1) is 10.1. The molecule has 0 aliphatic heterocycles. The lowest BCUT2D eigenvalue weighted by molar-refractivity contribution is 0.0160. The summed E-state index contributed by atoms with van der Waals surface area (Å²) in [7, 11) is 0. The lowest BCUT2D eigenvalue weighted by Crippen LogP contribution is -2.09. The van der Waals surface area contributed by atoms with Crippen LogP contribution in [0.2, 0.25) is 0 Å². The number of nitrogens with two attached hydrogens (primary N) is 1. The molecule has 3 heterocycles. The number of ether oxygens (including phenoxy) is 1. The first-order valence-electron chi connectivity index (χ1n) is 6.42. The third kappa shape index (κ3) is 2.31. The average molecular weight is 291 g/mol. The largest absolute Gasteiger partial charge is 0.366 e. The fourth-order valence-electron chi connectivity index (χ4n) is 2.02. The molecule has 1 atom stereocenters. The molecule has 0 saturated heterocycles. The monoisotopic (exact) mass is 291 g/mol. The molecule has 3 rings (SSSR count). The minimum Gasteiger partial charge on any atom is -0.366 e. The van der Waals surface area contributed by atoms with E-state index in [1.54, 1.807) is 10.9 Å². The topological polar surface area (TPSA) is 96.2 Å². The molecule has 3 aromatic heterocycles. The fraction of sp³-hybridized carbons (Fsp3) is 0.333. The van der Waals surface area contributed by atoms with Crippen LogP contribution in [0.4, 0.5) is 10.3 Å². The lowest BCUT2D eigenvalue weighted by Gasteiger charge is -2.11. The van der Waals surface area contributed by atoms with Gasteiger partial charge in [0, 0.05) is 18.4 Å². The van der Waals surface area contributed by atoms with Crippen LogP contribution >= 0.6 is 0 Å². The van der Waals surface area contributed by atoms with E-state index in [0.29, 0.717) is 12.2 Å². The summed E-state index contributed by atoms with van der Waals surface area (Å²) in [6.45, 7) is 4.31. The van der Waals surface area contributed by atoms with Crippen molar-refractivity contribution in [3.8, 4) is 11.3 Å². The SMILES string of the molecule is CCOC(C)n1cc(-c2ncn3nc(N)nc3c2F)cn1. The highest BCUT2D eigenvalue weighted by Gasteiger charge is 2.16. The number of halogens is 1. The molecule has 0 radical (unpaired) electrons. The van der Waals surface area contributed by atoms with Gasteiger partial charge in [0.15, 0.2) is 11.5 Å². The Morgan fingerprint density at radius 3 is 3.05 bits per heavy atom.